The molecule has 1 aromatic rings. The number of ether oxygens (including phenoxy) is 1. The second-order valence-corrected chi connectivity index (χ2v) is 6.63. The first-order valence-electron chi connectivity index (χ1n) is 8.28. The van der Waals surface area contributed by atoms with Crippen molar-refractivity contribution in [3.8, 4) is 0 Å². The number of nitrogens with zero attached hydrogens (tertiary/aromatic N) is 2. The van der Waals surface area contributed by atoms with Crippen molar-refractivity contribution in [2.45, 2.75) is 38.8 Å². The Morgan fingerprint density at radius 3 is 2.64 bits per heavy atom. The van der Waals surface area contributed by atoms with Gasteiger partial charge in [0.05, 0.1) is 6.61 Å². The summed E-state index contributed by atoms with van der Waals surface area (Å²) in [5.74, 6) is 1.04. The van der Waals surface area contributed by atoms with E-state index in [1.54, 1.807) is 7.11 Å². The van der Waals surface area contributed by atoms with Gasteiger partial charge in [-0.25, -0.2) is 0 Å². The Hall–Kier alpha value is -1.55. The quantitative estimate of drug-likeness (QED) is 0.686. The molecular formula is C18H27N3O. The number of rotatable bonds is 4. The first-order valence-corrected chi connectivity index (χ1v) is 8.28. The molecule has 0 amide bonds. The van der Waals surface area contributed by atoms with Gasteiger partial charge in [0.15, 0.2) is 5.96 Å². The molecule has 4 heteroatoms. The fraction of sp³-hybridized carbons (Fsp3) is 0.611. The molecule has 0 unspecified atom stereocenters. The third kappa shape index (κ3) is 3.12. The molecule has 1 N–H and O–H groups in total. The molecule has 1 aromatic carbocycles. The summed E-state index contributed by atoms with van der Waals surface area (Å²) in [5, 5.41) is 3.53. The van der Waals surface area contributed by atoms with Gasteiger partial charge in [-0.05, 0) is 35.8 Å². The summed E-state index contributed by atoms with van der Waals surface area (Å²) in [7, 11) is 3.63. The first-order chi connectivity index (χ1) is 10.8. The van der Waals surface area contributed by atoms with Crippen LogP contribution in [-0.4, -0.2) is 38.1 Å². The van der Waals surface area contributed by atoms with Crippen molar-refractivity contribution in [1.29, 1.82) is 0 Å². The maximum atomic E-state index is 5.28. The Balaban J connectivity index is 1.60. The van der Waals surface area contributed by atoms with E-state index < -0.39 is 0 Å². The Morgan fingerprint density at radius 1 is 1.27 bits per heavy atom. The molecule has 3 rings (SSSR count). The molecular weight excluding hydrogens is 274 g/mol. The van der Waals surface area contributed by atoms with Gasteiger partial charge in [0, 0.05) is 33.8 Å². The minimum Gasteiger partial charge on any atom is -0.380 e. The van der Waals surface area contributed by atoms with E-state index in [1.165, 1.54) is 43.4 Å². The molecule has 1 saturated carbocycles. The number of hydrogen-bond acceptors (Lipinski definition) is 2. The number of methoxy groups -OCH3 is 1. The Kier molecular flexibility index (Phi) is 4.67. The van der Waals surface area contributed by atoms with Crippen molar-refractivity contribution >= 4 is 5.96 Å². The van der Waals surface area contributed by atoms with E-state index in [-0.39, 0.29) is 0 Å². The predicted molar refractivity (Wildman–Crippen MR) is 89.8 cm³/mol. The van der Waals surface area contributed by atoms with Crippen LogP contribution in [0, 0.1) is 5.41 Å². The first kappa shape index (κ1) is 15.3. The lowest BCUT2D eigenvalue weighted by Gasteiger charge is -2.38. The van der Waals surface area contributed by atoms with Crippen LogP contribution in [0.25, 0.3) is 0 Å². The van der Waals surface area contributed by atoms with E-state index in [4.69, 9.17) is 4.74 Å². The van der Waals surface area contributed by atoms with Crippen molar-refractivity contribution in [2.24, 2.45) is 10.4 Å². The molecule has 1 saturated heterocycles. The van der Waals surface area contributed by atoms with Crippen LogP contribution < -0.4 is 5.32 Å². The van der Waals surface area contributed by atoms with Crippen LogP contribution in [0.15, 0.2) is 29.3 Å². The molecule has 120 valence electrons. The van der Waals surface area contributed by atoms with Gasteiger partial charge in [0.25, 0.3) is 0 Å². The third-order valence-corrected chi connectivity index (χ3v) is 5.22. The molecule has 0 bridgehead atoms. The third-order valence-electron chi connectivity index (χ3n) is 5.22. The number of aliphatic imine (C=N–C) groups is 1. The van der Waals surface area contributed by atoms with Gasteiger partial charge in [0.1, 0.15) is 0 Å². The Morgan fingerprint density at radius 2 is 2.05 bits per heavy atom. The lowest BCUT2D eigenvalue weighted by Crippen LogP contribution is -2.42. The number of benzene rings is 1. The highest BCUT2D eigenvalue weighted by molar-refractivity contribution is 5.80. The van der Waals surface area contributed by atoms with Crippen molar-refractivity contribution in [2.75, 3.05) is 27.2 Å². The van der Waals surface area contributed by atoms with Crippen molar-refractivity contribution in [3.05, 3.63) is 35.4 Å². The number of nitrogens with one attached hydrogen (secondary N) is 1. The van der Waals surface area contributed by atoms with Crippen LogP contribution in [0.3, 0.4) is 0 Å². The SMILES string of the molecule is CN=C(NCc1ccccc1COC)N1CCC2(CCC2)C1. The highest BCUT2D eigenvalue weighted by atomic mass is 16.5. The largest absolute Gasteiger partial charge is 0.380 e. The van der Waals surface area contributed by atoms with E-state index in [2.05, 4.69) is 39.5 Å². The highest BCUT2D eigenvalue weighted by Gasteiger charge is 2.43. The monoisotopic (exact) mass is 301 g/mol. The molecule has 1 heterocycles. The van der Waals surface area contributed by atoms with Gasteiger partial charge >= 0.3 is 0 Å². The van der Waals surface area contributed by atoms with Crippen LogP contribution in [-0.2, 0) is 17.9 Å². The van der Waals surface area contributed by atoms with Gasteiger partial charge in [0.2, 0.25) is 0 Å². The molecule has 0 atom stereocenters. The zero-order valence-electron chi connectivity index (χ0n) is 13.8. The van der Waals surface area contributed by atoms with Crippen molar-refractivity contribution in [1.82, 2.24) is 10.2 Å². The number of guanidine groups is 1. The van der Waals surface area contributed by atoms with E-state index in [0.29, 0.717) is 12.0 Å². The lowest BCUT2D eigenvalue weighted by atomic mass is 9.68. The van der Waals surface area contributed by atoms with Gasteiger partial charge in [-0.3, -0.25) is 4.99 Å². The van der Waals surface area contributed by atoms with E-state index >= 15 is 0 Å². The minimum absolute atomic E-state index is 0.603. The molecule has 22 heavy (non-hydrogen) atoms. The minimum atomic E-state index is 0.603. The average Bonchev–Trinajstić information content (AvgIpc) is 2.95. The van der Waals surface area contributed by atoms with Crippen LogP contribution in [0.5, 0.6) is 0 Å². The standard InChI is InChI=1S/C18H27N3O/c1-19-17(21-11-10-18(14-21)8-5-9-18)20-12-15-6-3-4-7-16(15)13-22-2/h3-4,6-7H,5,8-14H2,1-2H3,(H,19,20). The van der Waals surface area contributed by atoms with Crippen LogP contribution >= 0.6 is 0 Å². The maximum absolute atomic E-state index is 5.28. The molecule has 0 aromatic heterocycles. The average molecular weight is 301 g/mol. The van der Waals surface area contributed by atoms with E-state index in [1.807, 2.05) is 7.05 Å². The zero-order chi connectivity index (χ0) is 15.4. The summed E-state index contributed by atoms with van der Waals surface area (Å²) in [5.41, 5.74) is 3.12. The molecule has 2 aliphatic rings. The molecule has 1 spiro atoms. The topological polar surface area (TPSA) is 36.9 Å². The van der Waals surface area contributed by atoms with Crippen LogP contribution in [0.4, 0.5) is 0 Å². The number of likely N-dealkylation sites (tertiary alicyclic amines) is 1. The maximum Gasteiger partial charge on any atom is 0.193 e. The number of hydrogen-bond donors (Lipinski definition) is 1. The van der Waals surface area contributed by atoms with E-state index in [0.717, 1.165) is 19.0 Å². The van der Waals surface area contributed by atoms with Gasteiger partial charge in [-0.2, -0.15) is 0 Å². The summed E-state index contributed by atoms with van der Waals surface area (Å²) in [6, 6.07) is 8.43. The summed E-state index contributed by atoms with van der Waals surface area (Å²) in [4.78, 5) is 6.91. The molecule has 1 aliphatic heterocycles. The fourth-order valence-corrected chi connectivity index (χ4v) is 3.73. The van der Waals surface area contributed by atoms with Crippen LogP contribution in [0.1, 0.15) is 36.8 Å². The van der Waals surface area contributed by atoms with Crippen LogP contribution in [0.2, 0.25) is 0 Å². The highest BCUT2D eigenvalue weighted by Crippen LogP contribution is 2.47. The van der Waals surface area contributed by atoms with Gasteiger partial charge in [-0.1, -0.05) is 30.7 Å². The smallest absolute Gasteiger partial charge is 0.193 e. The second-order valence-electron chi connectivity index (χ2n) is 6.63. The Labute approximate surface area is 133 Å². The van der Waals surface area contributed by atoms with Gasteiger partial charge < -0.3 is 15.0 Å². The lowest BCUT2D eigenvalue weighted by molar-refractivity contribution is 0.151. The molecule has 1 aliphatic carbocycles. The second kappa shape index (κ2) is 6.69. The Bertz CT molecular complexity index is 537. The molecule has 2 fully saturated rings. The summed E-state index contributed by atoms with van der Waals surface area (Å²) < 4.78 is 5.28. The van der Waals surface area contributed by atoms with Gasteiger partial charge in [-0.15, -0.1) is 0 Å². The van der Waals surface area contributed by atoms with Crippen molar-refractivity contribution < 1.29 is 4.74 Å². The summed E-state index contributed by atoms with van der Waals surface area (Å²) >= 11 is 0. The zero-order valence-corrected chi connectivity index (χ0v) is 13.8. The fourth-order valence-electron chi connectivity index (χ4n) is 3.73. The molecule has 0 radical (unpaired) electrons. The predicted octanol–water partition coefficient (Wildman–Crippen LogP) is 2.78. The van der Waals surface area contributed by atoms with E-state index in [9.17, 15) is 0 Å². The summed E-state index contributed by atoms with van der Waals surface area (Å²) in [6.45, 7) is 3.77. The normalized spacial score (nSPS) is 20.3. The molecule has 4 nitrogen and oxygen atoms in total. The summed E-state index contributed by atoms with van der Waals surface area (Å²) in [6.07, 6.45) is 5.53. The van der Waals surface area contributed by atoms with Crippen molar-refractivity contribution in [3.63, 3.8) is 0 Å².